The van der Waals surface area contributed by atoms with E-state index in [-0.39, 0.29) is 0 Å². The molecule has 74 valence electrons. The Morgan fingerprint density at radius 1 is 1.50 bits per heavy atom. The van der Waals surface area contributed by atoms with Gasteiger partial charge >= 0.3 is 0 Å². The number of aryl methyl sites for hydroxylation is 1. The Morgan fingerprint density at radius 3 is 3.00 bits per heavy atom. The largest absolute Gasteiger partial charge is 0.326 e. The molecule has 0 unspecified atom stereocenters. The third-order valence-electron chi connectivity index (χ3n) is 2.19. The zero-order chi connectivity index (χ0) is 9.97. The minimum absolute atomic E-state index is 0.533. The minimum Gasteiger partial charge on any atom is -0.326 e. The van der Waals surface area contributed by atoms with Crippen molar-refractivity contribution in [1.29, 1.82) is 0 Å². The summed E-state index contributed by atoms with van der Waals surface area (Å²) in [5.74, 6) is 0. The molecule has 0 saturated heterocycles. The molecule has 0 saturated carbocycles. The molecule has 0 aliphatic carbocycles. The van der Waals surface area contributed by atoms with E-state index >= 15 is 0 Å². The lowest BCUT2D eigenvalue weighted by Crippen LogP contribution is -1.95. The lowest BCUT2D eigenvalue weighted by atomic mass is 10.2. The number of hydrogen-bond donors (Lipinski definition) is 2. The molecule has 4 heteroatoms. The first-order valence-electron chi connectivity index (χ1n) is 4.66. The highest BCUT2D eigenvalue weighted by Gasteiger charge is 2.08. The van der Waals surface area contributed by atoms with Crippen LogP contribution in [0, 0.1) is 0 Å². The average Bonchev–Trinajstić information content (AvgIpc) is 2.85. The second-order valence-electron chi connectivity index (χ2n) is 3.09. The molecule has 0 bridgehead atoms. The topological polar surface area (TPSA) is 54.7 Å². The molecule has 3 nitrogen and oxygen atoms in total. The maximum absolute atomic E-state index is 5.62. The second-order valence-corrected chi connectivity index (χ2v) is 4.26. The van der Waals surface area contributed by atoms with Crippen LogP contribution in [-0.2, 0) is 13.0 Å². The van der Waals surface area contributed by atoms with E-state index in [1.165, 1.54) is 9.75 Å². The summed E-state index contributed by atoms with van der Waals surface area (Å²) in [6.07, 6.45) is 2.87. The molecular weight excluding hydrogens is 194 g/mol. The van der Waals surface area contributed by atoms with Crippen LogP contribution in [0.15, 0.2) is 18.3 Å². The molecular formula is C10H13N3S. The number of H-pyrrole nitrogens is 1. The number of thiophene rings is 1. The van der Waals surface area contributed by atoms with Crippen LogP contribution in [0.4, 0.5) is 0 Å². The first-order valence-corrected chi connectivity index (χ1v) is 5.48. The SMILES string of the molecule is CCc1ccc(-c2[nH]ncc2CN)s1. The number of aromatic amines is 1. The zero-order valence-electron chi connectivity index (χ0n) is 8.08. The van der Waals surface area contributed by atoms with Gasteiger partial charge < -0.3 is 5.73 Å². The van der Waals surface area contributed by atoms with Gasteiger partial charge in [-0.15, -0.1) is 11.3 Å². The molecule has 0 fully saturated rings. The van der Waals surface area contributed by atoms with Crippen molar-refractivity contribution in [2.24, 2.45) is 5.73 Å². The maximum atomic E-state index is 5.62. The van der Waals surface area contributed by atoms with Crippen molar-refractivity contribution in [1.82, 2.24) is 10.2 Å². The van der Waals surface area contributed by atoms with Crippen molar-refractivity contribution in [2.75, 3.05) is 0 Å². The Balaban J connectivity index is 2.38. The zero-order valence-corrected chi connectivity index (χ0v) is 8.90. The molecule has 3 N–H and O–H groups in total. The van der Waals surface area contributed by atoms with Crippen LogP contribution < -0.4 is 5.73 Å². The van der Waals surface area contributed by atoms with E-state index in [0.29, 0.717) is 6.54 Å². The highest BCUT2D eigenvalue weighted by molar-refractivity contribution is 7.15. The molecule has 2 aromatic rings. The van der Waals surface area contributed by atoms with E-state index in [2.05, 4.69) is 29.3 Å². The Kier molecular flexibility index (Phi) is 2.65. The second kappa shape index (κ2) is 3.94. The Hall–Kier alpha value is -1.13. The molecule has 0 spiro atoms. The quantitative estimate of drug-likeness (QED) is 0.810. The van der Waals surface area contributed by atoms with Crippen molar-refractivity contribution in [2.45, 2.75) is 19.9 Å². The summed E-state index contributed by atoms with van der Waals surface area (Å²) < 4.78 is 0. The average molecular weight is 207 g/mol. The van der Waals surface area contributed by atoms with Crippen LogP contribution in [0.3, 0.4) is 0 Å². The van der Waals surface area contributed by atoms with Crippen LogP contribution >= 0.6 is 11.3 Å². The summed E-state index contributed by atoms with van der Waals surface area (Å²) in [6.45, 7) is 2.69. The highest BCUT2D eigenvalue weighted by atomic mass is 32.1. The van der Waals surface area contributed by atoms with Gasteiger partial charge in [-0.05, 0) is 18.6 Å². The van der Waals surface area contributed by atoms with Crippen molar-refractivity contribution < 1.29 is 0 Å². The molecule has 0 aromatic carbocycles. The Labute approximate surface area is 87.0 Å². The lowest BCUT2D eigenvalue weighted by molar-refractivity contribution is 1.08. The van der Waals surface area contributed by atoms with E-state index in [0.717, 1.165) is 17.7 Å². The number of aromatic nitrogens is 2. The van der Waals surface area contributed by atoms with Gasteiger partial charge in [0.1, 0.15) is 0 Å². The Bertz CT molecular complexity index is 416. The molecule has 2 rings (SSSR count). The number of rotatable bonds is 3. The molecule has 0 aliphatic heterocycles. The number of nitrogens with two attached hydrogens (primary N) is 1. The lowest BCUT2D eigenvalue weighted by Gasteiger charge is -1.95. The van der Waals surface area contributed by atoms with Gasteiger partial charge in [-0.2, -0.15) is 5.10 Å². The van der Waals surface area contributed by atoms with Gasteiger partial charge in [0, 0.05) is 17.0 Å². The van der Waals surface area contributed by atoms with Gasteiger partial charge in [0.2, 0.25) is 0 Å². The van der Waals surface area contributed by atoms with Crippen molar-refractivity contribution in [3.63, 3.8) is 0 Å². The van der Waals surface area contributed by atoms with E-state index < -0.39 is 0 Å². The maximum Gasteiger partial charge on any atom is 0.0794 e. The van der Waals surface area contributed by atoms with Gasteiger partial charge in [0.05, 0.1) is 16.8 Å². The third kappa shape index (κ3) is 1.58. The predicted molar refractivity (Wildman–Crippen MR) is 59.2 cm³/mol. The standard InChI is InChI=1S/C10H13N3S/c1-2-8-3-4-9(14-8)10-7(5-11)6-12-13-10/h3-4,6H,2,5,11H2,1H3,(H,12,13). The van der Waals surface area contributed by atoms with Crippen LogP contribution in [0.5, 0.6) is 0 Å². The molecule has 0 radical (unpaired) electrons. The van der Waals surface area contributed by atoms with Crippen molar-refractivity contribution in [3.05, 3.63) is 28.8 Å². The normalized spacial score (nSPS) is 10.7. The van der Waals surface area contributed by atoms with Gasteiger partial charge in [-0.1, -0.05) is 6.92 Å². The summed E-state index contributed by atoms with van der Waals surface area (Å²) in [4.78, 5) is 2.61. The summed E-state index contributed by atoms with van der Waals surface area (Å²) in [6, 6.07) is 4.28. The highest BCUT2D eigenvalue weighted by Crippen LogP contribution is 2.28. The van der Waals surface area contributed by atoms with E-state index in [1.807, 2.05) is 0 Å². The van der Waals surface area contributed by atoms with Crippen LogP contribution in [0.2, 0.25) is 0 Å². The monoisotopic (exact) mass is 207 g/mol. The van der Waals surface area contributed by atoms with Gasteiger partial charge in [-0.25, -0.2) is 0 Å². The third-order valence-corrected chi connectivity index (χ3v) is 3.44. The summed E-state index contributed by atoms with van der Waals surface area (Å²) in [5.41, 5.74) is 7.76. The smallest absolute Gasteiger partial charge is 0.0794 e. The number of nitrogens with one attached hydrogen (secondary N) is 1. The predicted octanol–water partition coefficient (Wildman–Crippen LogP) is 2.16. The molecule has 0 amide bonds. The van der Waals surface area contributed by atoms with Crippen molar-refractivity contribution in [3.8, 4) is 10.6 Å². The van der Waals surface area contributed by atoms with E-state index in [9.17, 15) is 0 Å². The first-order chi connectivity index (χ1) is 6.85. The molecule has 0 aliphatic rings. The first kappa shape index (κ1) is 9.43. The van der Waals surface area contributed by atoms with E-state index in [4.69, 9.17) is 5.73 Å². The molecule has 0 atom stereocenters. The summed E-state index contributed by atoms with van der Waals surface area (Å²) >= 11 is 1.79. The molecule has 2 heterocycles. The minimum atomic E-state index is 0.533. The number of hydrogen-bond acceptors (Lipinski definition) is 3. The Morgan fingerprint density at radius 2 is 2.36 bits per heavy atom. The van der Waals surface area contributed by atoms with Crippen LogP contribution in [-0.4, -0.2) is 10.2 Å². The molecule has 14 heavy (non-hydrogen) atoms. The van der Waals surface area contributed by atoms with Crippen molar-refractivity contribution >= 4 is 11.3 Å². The summed E-state index contributed by atoms with van der Waals surface area (Å²) in [5, 5.41) is 7.00. The van der Waals surface area contributed by atoms with Gasteiger partial charge in [0.25, 0.3) is 0 Å². The van der Waals surface area contributed by atoms with Gasteiger partial charge in [-0.3, -0.25) is 5.10 Å². The van der Waals surface area contributed by atoms with Gasteiger partial charge in [0.15, 0.2) is 0 Å². The fraction of sp³-hybridized carbons (Fsp3) is 0.300. The number of nitrogens with zero attached hydrogens (tertiary/aromatic N) is 1. The fourth-order valence-corrected chi connectivity index (χ4v) is 2.36. The molecule has 2 aromatic heterocycles. The van der Waals surface area contributed by atoms with E-state index in [1.54, 1.807) is 17.5 Å². The van der Waals surface area contributed by atoms with Crippen LogP contribution in [0.25, 0.3) is 10.6 Å². The summed E-state index contributed by atoms with van der Waals surface area (Å²) in [7, 11) is 0. The van der Waals surface area contributed by atoms with Crippen LogP contribution in [0.1, 0.15) is 17.4 Å². The fourth-order valence-electron chi connectivity index (χ4n) is 1.38.